The Hall–Kier alpha value is -2.22. The third-order valence-corrected chi connectivity index (χ3v) is 2.86. The van der Waals surface area contributed by atoms with Gasteiger partial charge in [-0.3, -0.25) is 9.59 Å². The average molecular weight is 238 g/mol. The Morgan fingerprint density at radius 1 is 0.833 bits per heavy atom. The summed E-state index contributed by atoms with van der Waals surface area (Å²) in [6.45, 7) is 1.46. The molecule has 0 fully saturated rings. The first-order valence-corrected chi connectivity index (χ1v) is 5.85. The zero-order valence-corrected chi connectivity index (χ0v) is 10.2. The van der Waals surface area contributed by atoms with Crippen LogP contribution in [-0.2, 0) is 4.79 Å². The number of carbonyl (C=O) groups excluding carboxylic acids is 2. The van der Waals surface area contributed by atoms with Crippen molar-refractivity contribution >= 4 is 11.6 Å². The first-order valence-electron chi connectivity index (χ1n) is 5.85. The number of rotatable bonds is 4. The van der Waals surface area contributed by atoms with Crippen molar-refractivity contribution in [2.45, 2.75) is 12.8 Å². The zero-order valence-electron chi connectivity index (χ0n) is 10.2. The van der Waals surface area contributed by atoms with E-state index in [9.17, 15) is 9.59 Å². The van der Waals surface area contributed by atoms with Crippen LogP contribution in [0.5, 0.6) is 0 Å². The lowest BCUT2D eigenvalue weighted by Gasteiger charge is -2.13. The van der Waals surface area contributed by atoms with Crippen molar-refractivity contribution in [1.82, 2.24) is 0 Å². The van der Waals surface area contributed by atoms with Gasteiger partial charge in [0, 0.05) is 5.56 Å². The predicted molar refractivity (Wildman–Crippen MR) is 70.6 cm³/mol. The van der Waals surface area contributed by atoms with Gasteiger partial charge in [0.05, 0.1) is 0 Å². The summed E-state index contributed by atoms with van der Waals surface area (Å²) in [4.78, 5) is 24.1. The molecule has 18 heavy (non-hydrogen) atoms. The van der Waals surface area contributed by atoms with Crippen LogP contribution in [0.3, 0.4) is 0 Å². The zero-order chi connectivity index (χ0) is 13.0. The topological polar surface area (TPSA) is 34.1 Å². The molecule has 0 heterocycles. The summed E-state index contributed by atoms with van der Waals surface area (Å²) in [5, 5.41) is 0. The van der Waals surface area contributed by atoms with Crippen LogP contribution >= 0.6 is 0 Å². The molecule has 2 rings (SSSR count). The maximum Gasteiger partial charge on any atom is 0.177 e. The van der Waals surface area contributed by atoms with Crippen LogP contribution in [0.2, 0.25) is 0 Å². The van der Waals surface area contributed by atoms with E-state index < -0.39 is 5.92 Å². The van der Waals surface area contributed by atoms with Gasteiger partial charge in [0.1, 0.15) is 11.7 Å². The molecule has 1 atom stereocenters. The maximum absolute atomic E-state index is 12.4. The lowest BCUT2D eigenvalue weighted by atomic mass is 9.88. The molecule has 0 aliphatic rings. The molecular formula is C16H14O2. The fourth-order valence-electron chi connectivity index (χ4n) is 1.99. The Morgan fingerprint density at radius 3 is 1.83 bits per heavy atom. The summed E-state index contributed by atoms with van der Waals surface area (Å²) >= 11 is 0. The average Bonchev–Trinajstić information content (AvgIpc) is 2.40. The molecular weight excluding hydrogens is 224 g/mol. The van der Waals surface area contributed by atoms with Gasteiger partial charge in [-0.25, -0.2) is 0 Å². The second-order valence-electron chi connectivity index (χ2n) is 4.18. The highest BCUT2D eigenvalue weighted by Gasteiger charge is 2.25. The molecule has 2 aromatic rings. The lowest BCUT2D eigenvalue weighted by molar-refractivity contribution is -0.117. The summed E-state index contributed by atoms with van der Waals surface area (Å²) in [5.74, 6) is -0.974. The van der Waals surface area contributed by atoms with E-state index in [1.165, 1.54) is 6.92 Å². The number of ketones is 2. The largest absolute Gasteiger partial charge is 0.299 e. The highest BCUT2D eigenvalue weighted by atomic mass is 16.1. The number of hydrogen-bond donors (Lipinski definition) is 0. The second kappa shape index (κ2) is 5.41. The van der Waals surface area contributed by atoms with E-state index in [1.54, 1.807) is 24.3 Å². The molecule has 0 saturated carbocycles. The van der Waals surface area contributed by atoms with Crippen LogP contribution in [0.1, 0.15) is 28.8 Å². The molecule has 0 radical (unpaired) electrons. The van der Waals surface area contributed by atoms with Crippen LogP contribution in [0, 0.1) is 0 Å². The molecule has 0 amide bonds. The van der Waals surface area contributed by atoms with Crippen LogP contribution in [-0.4, -0.2) is 11.6 Å². The molecule has 2 aromatic carbocycles. The van der Waals surface area contributed by atoms with Gasteiger partial charge in [0.25, 0.3) is 0 Å². The summed E-state index contributed by atoms with van der Waals surface area (Å²) in [7, 11) is 0. The van der Waals surface area contributed by atoms with Gasteiger partial charge in [-0.15, -0.1) is 0 Å². The van der Waals surface area contributed by atoms with E-state index in [0.29, 0.717) is 5.56 Å². The van der Waals surface area contributed by atoms with Gasteiger partial charge >= 0.3 is 0 Å². The molecule has 0 spiro atoms. The third kappa shape index (κ3) is 2.54. The second-order valence-corrected chi connectivity index (χ2v) is 4.18. The van der Waals surface area contributed by atoms with Crippen molar-refractivity contribution in [3.05, 3.63) is 71.8 Å². The Morgan fingerprint density at radius 2 is 1.33 bits per heavy atom. The Balaban J connectivity index is 2.39. The van der Waals surface area contributed by atoms with E-state index in [2.05, 4.69) is 0 Å². The summed E-state index contributed by atoms with van der Waals surface area (Å²) in [6, 6.07) is 18.1. The number of Topliss-reactive ketones (excluding diaryl/α,β-unsaturated/α-hetero) is 2. The van der Waals surface area contributed by atoms with Crippen molar-refractivity contribution in [2.24, 2.45) is 0 Å². The molecule has 90 valence electrons. The molecule has 0 aromatic heterocycles. The third-order valence-electron chi connectivity index (χ3n) is 2.86. The lowest BCUT2D eigenvalue weighted by Crippen LogP contribution is -2.19. The quantitative estimate of drug-likeness (QED) is 0.605. The molecule has 0 N–H and O–H groups in total. The Bertz CT molecular complexity index is 544. The Kier molecular flexibility index (Phi) is 3.68. The number of carbonyl (C=O) groups is 2. The molecule has 0 bridgehead atoms. The van der Waals surface area contributed by atoms with Crippen molar-refractivity contribution in [3.8, 4) is 0 Å². The van der Waals surface area contributed by atoms with Crippen LogP contribution in [0.15, 0.2) is 60.7 Å². The standard InChI is InChI=1S/C16H14O2/c1-12(17)15(13-8-4-2-5-9-13)16(18)14-10-6-3-7-11-14/h2-11,15H,1H3. The van der Waals surface area contributed by atoms with E-state index in [4.69, 9.17) is 0 Å². The predicted octanol–water partition coefficient (Wildman–Crippen LogP) is 3.24. The smallest absolute Gasteiger partial charge is 0.177 e. The minimum atomic E-state index is -0.700. The molecule has 0 aliphatic carbocycles. The summed E-state index contributed by atoms with van der Waals surface area (Å²) < 4.78 is 0. The van der Waals surface area contributed by atoms with E-state index in [-0.39, 0.29) is 11.6 Å². The van der Waals surface area contributed by atoms with Crippen LogP contribution in [0.25, 0.3) is 0 Å². The Labute approximate surface area is 106 Å². The highest BCUT2D eigenvalue weighted by Crippen LogP contribution is 2.21. The van der Waals surface area contributed by atoms with Crippen molar-refractivity contribution < 1.29 is 9.59 Å². The summed E-state index contributed by atoms with van der Waals surface area (Å²) in [6.07, 6.45) is 0. The minimum Gasteiger partial charge on any atom is -0.299 e. The molecule has 0 aliphatic heterocycles. The highest BCUT2D eigenvalue weighted by molar-refractivity contribution is 6.14. The van der Waals surface area contributed by atoms with Gasteiger partial charge in [-0.1, -0.05) is 60.7 Å². The fraction of sp³-hybridized carbons (Fsp3) is 0.125. The van der Waals surface area contributed by atoms with Crippen molar-refractivity contribution in [1.29, 1.82) is 0 Å². The molecule has 1 unspecified atom stereocenters. The maximum atomic E-state index is 12.4. The van der Waals surface area contributed by atoms with Crippen molar-refractivity contribution in [2.75, 3.05) is 0 Å². The summed E-state index contributed by atoms with van der Waals surface area (Å²) in [5.41, 5.74) is 1.32. The SMILES string of the molecule is CC(=O)C(C(=O)c1ccccc1)c1ccccc1. The number of benzene rings is 2. The first kappa shape index (κ1) is 12.2. The van der Waals surface area contributed by atoms with Gasteiger partial charge in [-0.2, -0.15) is 0 Å². The fourth-order valence-corrected chi connectivity index (χ4v) is 1.99. The minimum absolute atomic E-state index is 0.130. The number of hydrogen-bond acceptors (Lipinski definition) is 2. The van der Waals surface area contributed by atoms with E-state index in [1.807, 2.05) is 36.4 Å². The monoisotopic (exact) mass is 238 g/mol. The van der Waals surface area contributed by atoms with Crippen LogP contribution < -0.4 is 0 Å². The van der Waals surface area contributed by atoms with Crippen molar-refractivity contribution in [3.63, 3.8) is 0 Å². The van der Waals surface area contributed by atoms with E-state index in [0.717, 1.165) is 5.56 Å². The van der Waals surface area contributed by atoms with Gasteiger partial charge in [0.15, 0.2) is 5.78 Å². The molecule has 2 nitrogen and oxygen atoms in total. The van der Waals surface area contributed by atoms with Crippen LogP contribution in [0.4, 0.5) is 0 Å². The molecule has 0 saturated heterocycles. The van der Waals surface area contributed by atoms with Gasteiger partial charge in [-0.05, 0) is 12.5 Å². The van der Waals surface area contributed by atoms with Gasteiger partial charge in [0.2, 0.25) is 0 Å². The first-order chi connectivity index (χ1) is 8.70. The molecule has 2 heteroatoms. The van der Waals surface area contributed by atoms with Gasteiger partial charge < -0.3 is 0 Å². The normalized spacial score (nSPS) is 11.8. The van der Waals surface area contributed by atoms with E-state index >= 15 is 0 Å².